The second-order valence-corrected chi connectivity index (χ2v) is 7.18. The van der Waals surface area contributed by atoms with Crippen molar-refractivity contribution in [1.82, 2.24) is 0 Å². The third kappa shape index (κ3) is 32.1. The molecule has 0 unspecified atom stereocenters. The molecular weight excluding hydrogens is 312 g/mol. The van der Waals surface area contributed by atoms with Crippen LogP contribution in [0.2, 0.25) is 0 Å². The van der Waals surface area contributed by atoms with Gasteiger partial charge in [-0.2, -0.15) is 0 Å². The van der Waals surface area contributed by atoms with E-state index in [4.69, 9.17) is 15.3 Å². The Morgan fingerprint density at radius 2 is 0.560 bits per heavy atom. The van der Waals surface area contributed by atoms with Crippen molar-refractivity contribution in [3.05, 3.63) is 0 Å². The van der Waals surface area contributed by atoms with Crippen LogP contribution in [-0.2, 0) is 0 Å². The van der Waals surface area contributed by atoms with Gasteiger partial charge in [0.1, 0.15) is 0 Å². The van der Waals surface area contributed by atoms with Crippen LogP contribution in [0.15, 0.2) is 0 Å². The minimum absolute atomic E-state index is 0.125. The fraction of sp³-hybridized carbons (Fsp3) is 1.00. The summed E-state index contributed by atoms with van der Waals surface area (Å²) >= 11 is 0. The second kappa shape index (κ2) is 28.7. The summed E-state index contributed by atoms with van der Waals surface area (Å²) in [6.45, 7) is 2.41. The summed E-state index contributed by atoms with van der Waals surface area (Å²) < 4.78 is 0. The molecule has 154 valence electrons. The molecule has 0 fully saturated rings. The Labute approximate surface area is 158 Å². The first-order chi connectivity index (χ1) is 12.3. The van der Waals surface area contributed by atoms with Gasteiger partial charge in [-0.15, -0.1) is 0 Å². The van der Waals surface area contributed by atoms with Crippen molar-refractivity contribution < 1.29 is 15.3 Å². The van der Waals surface area contributed by atoms with Gasteiger partial charge in [0.2, 0.25) is 0 Å². The molecule has 0 rings (SSSR count). The van der Waals surface area contributed by atoms with Gasteiger partial charge in [0, 0.05) is 6.61 Å². The van der Waals surface area contributed by atoms with Gasteiger partial charge in [-0.1, -0.05) is 116 Å². The molecule has 0 spiro atoms. The van der Waals surface area contributed by atoms with Crippen molar-refractivity contribution in [3.8, 4) is 0 Å². The van der Waals surface area contributed by atoms with Crippen LogP contribution in [0, 0.1) is 0 Å². The van der Waals surface area contributed by atoms with Gasteiger partial charge in [0.25, 0.3) is 0 Å². The van der Waals surface area contributed by atoms with Crippen LogP contribution in [-0.4, -0.2) is 35.1 Å². The molecule has 25 heavy (non-hydrogen) atoms. The molecule has 0 aliphatic carbocycles. The SMILES string of the molecule is CCCCCCCCCCCCCCCCCCCCO.OCCO. The van der Waals surface area contributed by atoms with E-state index in [1.807, 2.05) is 0 Å². The molecule has 0 saturated heterocycles. The van der Waals surface area contributed by atoms with E-state index >= 15 is 0 Å². The van der Waals surface area contributed by atoms with Gasteiger partial charge in [-0.25, -0.2) is 0 Å². The molecule has 0 atom stereocenters. The molecule has 0 saturated carbocycles. The van der Waals surface area contributed by atoms with Crippen molar-refractivity contribution in [3.63, 3.8) is 0 Å². The molecule has 0 aromatic carbocycles. The number of aliphatic hydroxyl groups excluding tert-OH is 3. The molecule has 0 aliphatic rings. The molecule has 3 N–H and O–H groups in total. The first kappa shape index (κ1) is 27.1. The smallest absolute Gasteiger partial charge is 0.0662 e. The summed E-state index contributed by atoms with van der Waals surface area (Å²) in [5.74, 6) is 0. The topological polar surface area (TPSA) is 60.7 Å². The number of aliphatic hydroxyl groups is 3. The Balaban J connectivity index is 0. The molecule has 3 nitrogen and oxygen atoms in total. The predicted molar refractivity (Wildman–Crippen MR) is 110 cm³/mol. The van der Waals surface area contributed by atoms with Crippen molar-refractivity contribution in [2.24, 2.45) is 0 Å². The average molecular weight is 361 g/mol. The first-order valence-electron chi connectivity index (χ1n) is 11.2. The van der Waals surface area contributed by atoms with E-state index in [-0.39, 0.29) is 13.2 Å². The zero-order valence-corrected chi connectivity index (χ0v) is 17.2. The molecule has 0 aromatic heterocycles. The van der Waals surface area contributed by atoms with E-state index in [1.54, 1.807) is 0 Å². The molecular formula is C22H48O3. The minimum Gasteiger partial charge on any atom is -0.396 e. The van der Waals surface area contributed by atoms with Gasteiger partial charge >= 0.3 is 0 Å². The van der Waals surface area contributed by atoms with Crippen LogP contribution in [0.1, 0.15) is 122 Å². The van der Waals surface area contributed by atoms with E-state index in [0.717, 1.165) is 6.42 Å². The van der Waals surface area contributed by atoms with Crippen molar-refractivity contribution >= 4 is 0 Å². The normalized spacial score (nSPS) is 10.6. The van der Waals surface area contributed by atoms with E-state index in [0.29, 0.717) is 6.61 Å². The lowest BCUT2D eigenvalue weighted by Crippen LogP contribution is -1.85. The predicted octanol–water partition coefficient (Wildman–Crippen LogP) is 5.99. The average Bonchev–Trinajstić information content (AvgIpc) is 2.64. The van der Waals surface area contributed by atoms with Crippen LogP contribution < -0.4 is 0 Å². The maximum absolute atomic E-state index is 8.69. The zero-order valence-electron chi connectivity index (χ0n) is 17.2. The largest absolute Gasteiger partial charge is 0.396 e. The monoisotopic (exact) mass is 360 g/mol. The summed E-state index contributed by atoms with van der Waals surface area (Å²) in [5.41, 5.74) is 0. The van der Waals surface area contributed by atoms with E-state index in [9.17, 15) is 0 Å². The molecule has 0 aliphatic heterocycles. The van der Waals surface area contributed by atoms with Crippen LogP contribution in [0.25, 0.3) is 0 Å². The first-order valence-corrected chi connectivity index (χ1v) is 11.2. The van der Waals surface area contributed by atoms with Crippen molar-refractivity contribution in [2.75, 3.05) is 19.8 Å². The van der Waals surface area contributed by atoms with Gasteiger partial charge in [-0.3, -0.25) is 0 Å². The highest BCUT2D eigenvalue weighted by Crippen LogP contribution is 2.14. The van der Waals surface area contributed by atoms with Gasteiger partial charge < -0.3 is 15.3 Å². The van der Waals surface area contributed by atoms with Crippen molar-refractivity contribution in [2.45, 2.75) is 122 Å². The zero-order chi connectivity index (χ0) is 18.8. The molecule has 0 aromatic rings. The summed E-state index contributed by atoms with van der Waals surface area (Å²) in [6, 6.07) is 0. The van der Waals surface area contributed by atoms with Gasteiger partial charge in [0.15, 0.2) is 0 Å². The lowest BCUT2D eigenvalue weighted by Gasteiger charge is -2.03. The molecule has 0 radical (unpaired) electrons. The maximum atomic E-state index is 8.69. The fourth-order valence-electron chi connectivity index (χ4n) is 3.01. The third-order valence-electron chi connectivity index (χ3n) is 4.61. The Hall–Kier alpha value is -0.120. The van der Waals surface area contributed by atoms with Gasteiger partial charge in [-0.05, 0) is 6.42 Å². The highest BCUT2D eigenvalue weighted by atomic mass is 16.3. The van der Waals surface area contributed by atoms with Crippen LogP contribution >= 0.6 is 0 Å². The lowest BCUT2D eigenvalue weighted by atomic mass is 10.0. The summed E-state index contributed by atoms with van der Waals surface area (Å²) in [6.07, 6.45) is 25.1. The Kier molecular flexibility index (Phi) is 31.1. The maximum Gasteiger partial charge on any atom is 0.0662 e. The third-order valence-corrected chi connectivity index (χ3v) is 4.61. The Morgan fingerprint density at radius 1 is 0.320 bits per heavy atom. The minimum atomic E-state index is -0.125. The van der Waals surface area contributed by atoms with Crippen LogP contribution in [0.4, 0.5) is 0 Å². The molecule has 0 bridgehead atoms. The van der Waals surface area contributed by atoms with E-state index in [2.05, 4.69) is 6.92 Å². The van der Waals surface area contributed by atoms with Crippen LogP contribution in [0.5, 0.6) is 0 Å². The summed E-state index contributed by atoms with van der Waals surface area (Å²) in [7, 11) is 0. The number of hydrogen-bond acceptors (Lipinski definition) is 3. The standard InChI is InChI=1S/C20H42O.C2H6O2/c1-2-3-4-5-6-7-8-9-10-11-12-13-14-15-16-17-18-19-20-21;3-1-2-4/h21H,2-20H2,1H3;3-4H,1-2H2. The van der Waals surface area contributed by atoms with E-state index in [1.165, 1.54) is 109 Å². The highest BCUT2D eigenvalue weighted by molar-refractivity contribution is 4.50. The number of rotatable bonds is 19. The molecule has 0 amide bonds. The molecule has 3 heteroatoms. The number of hydrogen-bond donors (Lipinski definition) is 3. The summed E-state index contributed by atoms with van der Waals surface area (Å²) in [4.78, 5) is 0. The number of unbranched alkanes of at least 4 members (excludes halogenated alkanes) is 17. The van der Waals surface area contributed by atoms with Crippen molar-refractivity contribution in [1.29, 1.82) is 0 Å². The summed E-state index contributed by atoms with van der Waals surface area (Å²) in [5, 5.41) is 23.9. The Bertz CT molecular complexity index is 178. The second-order valence-electron chi connectivity index (χ2n) is 7.18. The highest BCUT2D eigenvalue weighted by Gasteiger charge is 1.94. The van der Waals surface area contributed by atoms with Gasteiger partial charge in [0.05, 0.1) is 13.2 Å². The fourth-order valence-corrected chi connectivity index (χ4v) is 3.01. The van der Waals surface area contributed by atoms with E-state index < -0.39 is 0 Å². The van der Waals surface area contributed by atoms with Crippen LogP contribution in [0.3, 0.4) is 0 Å². The quantitative estimate of drug-likeness (QED) is 0.248. The lowest BCUT2D eigenvalue weighted by molar-refractivity contribution is 0.186. The molecule has 0 heterocycles. The Morgan fingerprint density at radius 3 is 0.760 bits per heavy atom.